The van der Waals surface area contributed by atoms with Gasteiger partial charge in [0.05, 0.1) is 6.26 Å². The van der Waals surface area contributed by atoms with Crippen molar-refractivity contribution in [2.45, 2.75) is 20.3 Å². The second kappa shape index (κ2) is 2.91. The molecule has 0 aromatic rings. The van der Waals surface area contributed by atoms with Crippen LogP contribution in [0.1, 0.15) is 20.3 Å². The van der Waals surface area contributed by atoms with Crippen LogP contribution in [0.3, 0.4) is 0 Å². The van der Waals surface area contributed by atoms with E-state index >= 15 is 0 Å². The van der Waals surface area contributed by atoms with Crippen LogP contribution in [0, 0.1) is 5.92 Å². The van der Waals surface area contributed by atoms with Crippen molar-refractivity contribution in [1.29, 1.82) is 0 Å². The highest BCUT2D eigenvalue weighted by Crippen LogP contribution is 2.23. The van der Waals surface area contributed by atoms with Gasteiger partial charge in [-0.1, -0.05) is 6.92 Å². The molecule has 0 amide bonds. The number of rotatable bonds is 0. The van der Waals surface area contributed by atoms with Gasteiger partial charge in [0.2, 0.25) is 0 Å². The second-order valence-electron chi connectivity index (χ2n) is 3.00. The number of hydrogen-bond acceptors (Lipinski definition) is 2. The van der Waals surface area contributed by atoms with Crippen LogP contribution in [0.5, 0.6) is 0 Å². The molecule has 1 unspecified atom stereocenters. The predicted molar refractivity (Wildman–Crippen MR) is 43.3 cm³/mol. The highest BCUT2D eigenvalue weighted by molar-refractivity contribution is 5.98. The van der Waals surface area contributed by atoms with Crippen molar-refractivity contribution >= 4 is 5.78 Å². The maximum absolute atomic E-state index is 11.2. The minimum atomic E-state index is 0.0263. The third-order valence-electron chi connectivity index (χ3n) is 1.95. The highest BCUT2D eigenvalue weighted by atomic mass is 16.2. The van der Waals surface area contributed by atoms with Gasteiger partial charge in [-0.25, -0.2) is 0 Å². The monoisotopic (exact) mass is 152 g/mol. The maximum atomic E-state index is 11.2. The molecule has 2 heteroatoms. The lowest BCUT2D eigenvalue weighted by atomic mass is 9.87. The van der Waals surface area contributed by atoms with Gasteiger partial charge < -0.3 is 5.11 Å². The lowest BCUT2D eigenvalue weighted by molar-refractivity contribution is -0.118. The fourth-order valence-corrected chi connectivity index (χ4v) is 1.33. The van der Waals surface area contributed by atoms with Gasteiger partial charge in [-0.15, -0.1) is 0 Å². The summed E-state index contributed by atoms with van der Waals surface area (Å²) in [6.07, 6.45) is 3.47. The molecule has 1 atom stereocenters. The Balaban J connectivity index is 2.94. The molecule has 0 aliphatic heterocycles. The van der Waals surface area contributed by atoms with Crippen LogP contribution >= 0.6 is 0 Å². The number of allylic oxidation sites excluding steroid dienone is 3. The summed E-state index contributed by atoms with van der Waals surface area (Å²) in [6, 6.07) is 0. The van der Waals surface area contributed by atoms with Crippen LogP contribution in [0.4, 0.5) is 0 Å². The van der Waals surface area contributed by atoms with Crippen LogP contribution in [0.15, 0.2) is 23.5 Å². The molecule has 0 fully saturated rings. The molecule has 2 nitrogen and oxygen atoms in total. The summed E-state index contributed by atoms with van der Waals surface area (Å²) in [7, 11) is 0. The van der Waals surface area contributed by atoms with Crippen molar-refractivity contribution in [2.24, 2.45) is 5.92 Å². The van der Waals surface area contributed by atoms with E-state index in [4.69, 9.17) is 5.11 Å². The predicted octanol–water partition coefficient (Wildman–Crippen LogP) is 1.98. The topological polar surface area (TPSA) is 37.3 Å². The lowest BCUT2D eigenvalue weighted by Gasteiger charge is -2.16. The van der Waals surface area contributed by atoms with Crippen molar-refractivity contribution < 1.29 is 9.90 Å². The van der Waals surface area contributed by atoms with Crippen molar-refractivity contribution in [1.82, 2.24) is 0 Å². The Hall–Kier alpha value is -1.05. The van der Waals surface area contributed by atoms with Crippen LogP contribution in [0.25, 0.3) is 0 Å². The number of carbonyl (C=O) groups excluding carboxylic acids is 1. The normalized spacial score (nSPS) is 28.9. The van der Waals surface area contributed by atoms with E-state index in [2.05, 4.69) is 0 Å². The van der Waals surface area contributed by atoms with Crippen LogP contribution in [-0.4, -0.2) is 10.9 Å². The highest BCUT2D eigenvalue weighted by Gasteiger charge is 2.20. The third kappa shape index (κ3) is 1.50. The first-order chi connectivity index (χ1) is 5.15. The van der Waals surface area contributed by atoms with Gasteiger partial charge in [0.15, 0.2) is 5.78 Å². The zero-order valence-corrected chi connectivity index (χ0v) is 6.79. The Morgan fingerprint density at radius 3 is 2.82 bits per heavy atom. The Kier molecular flexibility index (Phi) is 2.13. The van der Waals surface area contributed by atoms with Crippen molar-refractivity contribution in [3.8, 4) is 0 Å². The quantitative estimate of drug-likeness (QED) is 0.539. The van der Waals surface area contributed by atoms with Gasteiger partial charge in [0.25, 0.3) is 0 Å². The molecule has 0 bridgehead atoms. The molecule has 1 aliphatic rings. The smallest absolute Gasteiger partial charge is 0.161 e. The zero-order chi connectivity index (χ0) is 8.43. The molecule has 0 aromatic carbocycles. The first-order valence-electron chi connectivity index (χ1n) is 3.71. The van der Waals surface area contributed by atoms with Crippen LogP contribution < -0.4 is 0 Å². The molecular weight excluding hydrogens is 140 g/mol. The molecule has 1 rings (SSSR count). The summed E-state index contributed by atoms with van der Waals surface area (Å²) >= 11 is 0. The van der Waals surface area contributed by atoms with Gasteiger partial charge in [-0.3, -0.25) is 4.79 Å². The molecule has 0 radical (unpaired) electrons. The fraction of sp³-hybridized carbons (Fsp3) is 0.444. The Morgan fingerprint density at radius 1 is 1.73 bits per heavy atom. The van der Waals surface area contributed by atoms with E-state index in [9.17, 15) is 4.79 Å². The molecule has 0 aromatic heterocycles. The van der Waals surface area contributed by atoms with Crippen LogP contribution in [-0.2, 0) is 4.79 Å². The van der Waals surface area contributed by atoms with Crippen molar-refractivity contribution in [3.63, 3.8) is 0 Å². The Morgan fingerprint density at radius 2 is 2.36 bits per heavy atom. The summed E-state index contributed by atoms with van der Waals surface area (Å²) in [6.45, 7) is 3.66. The van der Waals surface area contributed by atoms with E-state index in [0.29, 0.717) is 6.42 Å². The lowest BCUT2D eigenvalue weighted by Crippen LogP contribution is -2.16. The van der Waals surface area contributed by atoms with E-state index < -0.39 is 0 Å². The fourth-order valence-electron chi connectivity index (χ4n) is 1.33. The molecule has 0 saturated heterocycles. The zero-order valence-electron chi connectivity index (χ0n) is 6.79. The van der Waals surface area contributed by atoms with Gasteiger partial charge in [0.1, 0.15) is 0 Å². The van der Waals surface area contributed by atoms with Crippen molar-refractivity contribution in [2.75, 3.05) is 0 Å². The average molecular weight is 152 g/mol. The Labute approximate surface area is 66.2 Å². The standard InChI is InChI=1S/C9H12O2/c1-6-3-8(5-10)4-7(2)9(6)11/h3,5,7,10H,4H2,1-2H3/b8-5+. The molecule has 0 saturated carbocycles. The summed E-state index contributed by atoms with van der Waals surface area (Å²) in [5.74, 6) is 0.217. The SMILES string of the molecule is CC1=C/C(=C\O)CC(C)C1=O. The number of aliphatic hydroxyl groups is 1. The Bertz CT molecular complexity index is 236. The first-order valence-corrected chi connectivity index (χ1v) is 3.71. The van der Waals surface area contributed by atoms with E-state index in [0.717, 1.165) is 17.4 Å². The molecule has 1 aliphatic carbocycles. The number of Topliss-reactive ketones (excluding diaryl/α,β-unsaturated/α-hetero) is 1. The average Bonchev–Trinajstić information content (AvgIpc) is 1.99. The number of carbonyl (C=O) groups is 1. The number of ketones is 1. The number of hydrogen-bond donors (Lipinski definition) is 1. The molecule has 0 spiro atoms. The van der Waals surface area contributed by atoms with E-state index in [-0.39, 0.29) is 11.7 Å². The molecule has 0 heterocycles. The third-order valence-corrected chi connectivity index (χ3v) is 1.95. The molecular formula is C9H12O2. The number of aliphatic hydroxyl groups excluding tert-OH is 1. The largest absolute Gasteiger partial charge is 0.515 e. The molecule has 1 N–H and O–H groups in total. The summed E-state index contributed by atoms with van der Waals surface area (Å²) in [4.78, 5) is 11.2. The van der Waals surface area contributed by atoms with Gasteiger partial charge in [-0.2, -0.15) is 0 Å². The van der Waals surface area contributed by atoms with E-state index in [1.165, 1.54) is 0 Å². The van der Waals surface area contributed by atoms with Crippen LogP contribution in [0.2, 0.25) is 0 Å². The summed E-state index contributed by atoms with van der Waals surface area (Å²) in [5, 5.41) is 8.69. The minimum Gasteiger partial charge on any atom is -0.515 e. The van der Waals surface area contributed by atoms with Crippen molar-refractivity contribution in [3.05, 3.63) is 23.5 Å². The maximum Gasteiger partial charge on any atom is 0.161 e. The summed E-state index contributed by atoms with van der Waals surface area (Å²) in [5.41, 5.74) is 1.58. The van der Waals surface area contributed by atoms with Gasteiger partial charge in [0, 0.05) is 5.92 Å². The van der Waals surface area contributed by atoms with Gasteiger partial charge in [-0.05, 0) is 30.6 Å². The van der Waals surface area contributed by atoms with Gasteiger partial charge >= 0.3 is 0 Å². The second-order valence-corrected chi connectivity index (χ2v) is 3.00. The van der Waals surface area contributed by atoms with E-state index in [1.54, 1.807) is 13.0 Å². The first kappa shape index (κ1) is 8.05. The molecule has 60 valence electrons. The summed E-state index contributed by atoms with van der Waals surface area (Å²) < 4.78 is 0. The minimum absolute atomic E-state index is 0.0263. The molecule has 11 heavy (non-hydrogen) atoms. The van der Waals surface area contributed by atoms with E-state index in [1.807, 2.05) is 6.92 Å².